The second-order valence-corrected chi connectivity index (χ2v) is 10.5. The lowest BCUT2D eigenvalue weighted by molar-refractivity contribution is -0.275. The molecule has 3 aromatic rings. The van der Waals surface area contributed by atoms with Crippen LogP contribution in [0.15, 0.2) is 41.6 Å². The second-order valence-electron chi connectivity index (χ2n) is 9.66. The normalized spacial score (nSPS) is 17.0. The Balaban J connectivity index is 1.64. The molecule has 44 heavy (non-hydrogen) atoms. The zero-order valence-electron chi connectivity index (χ0n) is 22.7. The number of aryl methyl sites for hydroxylation is 1. The standard InChI is InChI=1S/C29H21Cl2F6N5O2/c1-4-8-41(27-38-24(14-22(32)25(33)34)42(39-27)9-5-2)26(43)21-7-6-17(10-16(21)3)23-15-28(44-40-23,29(35,36)37)18-11-19(30)13-20(31)12-18/h1-2,6-7,10-13,22,25H,8-9,14-15H2,3H3. The summed E-state index contributed by atoms with van der Waals surface area (Å²) in [5.41, 5.74) is -2.62. The van der Waals surface area contributed by atoms with Crippen LogP contribution in [0, 0.1) is 31.6 Å². The highest BCUT2D eigenvalue weighted by atomic mass is 35.5. The number of hydrogen-bond donors (Lipinski definition) is 0. The molecule has 1 amide bonds. The Labute approximate surface area is 257 Å². The summed E-state index contributed by atoms with van der Waals surface area (Å²) in [4.78, 5) is 23.6. The first kappa shape index (κ1) is 32.7. The molecule has 0 aliphatic carbocycles. The fraction of sp³-hybridized carbons (Fsp3) is 0.310. The van der Waals surface area contributed by atoms with Crippen LogP contribution in [-0.2, 0) is 23.4 Å². The van der Waals surface area contributed by atoms with Crippen molar-refractivity contribution in [1.29, 1.82) is 0 Å². The molecule has 1 aliphatic heterocycles. The van der Waals surface area contributed by atoms with Crippen molar-refractivity contribution < 1.29 is 36.0 Å². The van der Waals surface area contributed by atoms with E-state index >= 15 is 0 Å². The number of rotatable bonds is 9. The van der Waals surface area contributed by atoms with Gasteiger partial charge in [0.05, 0.1) is 12.3 Å². The second kappa shape index (κ2) is 12.8. The molecule has 230 valence electrons. The number of oxime groups is 1. The Morgan fingerprint density at radius 1 is 1.14 bits per heavy atom. The number of hydrogen-bond acceptors (Lipinski definition) is 5. The van der Waals surface area contributed by atoms with Gasteiger partial charge in [0.2, 0.25) is 0 Å². The largest absolute Gasteiger partial charge is 0.435 e. The number of nitrogens with zero attached hydrogens (tertiary/aromatic N) is 5. The van der Waals surface area contributed by atoms with Crippen LogP contribution in [0.3, 0.4) is 0 Å². The molecule has 0 radical (unpaired) electrons. The van der Waals surface area contributed by atoms with Crippen LogP contribution < -0.4 is 4.90 Å². The highest BCUT2D eigenvalue weighted by Crippen LogP contribution is 2.49. The van der Waals surface area contributed by atoms with Crippen LogP contribution in [0.2, 0.25) is 10.0 Å². The molecule has 1 aliphatic rings. The lowest BCUT2D eigenvalue weighted by Gasteiger charge is -2.29. The average molecular weight is 656 g/mol. The zero-order valence-corrected chi connectivity index (χ0v) is 24.2. The number of carbonyl (C=O) groups is 1. The summed E-state index contributed by atoms with van der Waals surface area (Å²) < 4.78 is 83.6. The molecule has 15 heteroatoms. The molecule has 1 aromatic heterocycles. The number of alkyl halides is 6. The van der Waals surface area contributed by atoms with E-state index in [1.54, 1.807) is 0 Å². The van der Waals surface area contributed by atoms with Gasteiger partial charge in [0, 0.05) is 34.0 Å². The van der Waals surface area contributed by atoms with Crippen LogP contribution >= 0.6 is 23.2 Å². The molecule has 2 unspecified atom stereocenters. The van der Waals surface area contributed by atoms with Crippen molar-refractivity contribution in [3.63, 3.8) is 0 Å². The van der Waals surface area contributed by atoms with Crippen LogP contribution in [0.5, 0.6) is 0 Å². The first-order chi connectivity index (χ1) is 20.7. The Morgan fingerprint density at radius 3 is 2.39 bits per heavy atom. The van der Waals surface area contributed by atoms with E-state index < -0.39 is 43.1 Å². The third-order valence-corrected chi connectivity index (χ3v) is 7.11. The maximum atomic E-state index is 14.4. The zero-order chi connectivity index (χ0) is 32.4. The molecule has 4 rings (SSSR count). The molecule has 0 saturated carbocycles. The van der Waals surface area contributed by atoms with E-state index in [9.17, 15) is 31.1 Å². The van der Waals surface area contributed by atoms with Gasteiger partial charge >= 0.3 is 6.18 Å². The van der Waals surface area contributed by atoms with E-state index in [1.165, 1.54) is 31.2 Å². The third kappa shape index (κ3) is 6.49. The number of aromatic nitrogens is 3. The van der Waals surface area contributed by atoms with E-state index in [-0.39, 0.29) is 57.3 Å². The van der Waals surface area contributed by atoms with Crippen molar-refractivity contribution in [2.45, 2.75) is 50.7 Å². The molecule has 0 N–H and O–H groups in total. The summed E-state index contributed by atoms with van der Waals surface area (Å²) in [5, 5.41) is 7.75. The van der Waals surface area contributed by atoms with Crippen molar-refractivity contribution in [2.75, 3.05) is 11.4 Å². The highest BCUT2D eigenvalue weighted by molar-refractivity contribution is 6.34. The lowest BCUT2D eigenvalue weighted by atomic mass is 9.86. The van der Waals surface area contributed by atoms with Crippen molar-refractivity contribution in [1.82, 2.24) is 14.8 Å². The minimum absolute atomic E-state index is 0.0207. The van der Waals surface area contributed by atoms with Crippen molar-refractivity contribution in [2.24, 2.45) is 5.16 Å². The summed E-state index contributed by atoms with van der Waals surface area (Å²) in [7, 11) is 0. The topological polar surface area (TPSA) is 72.6 Å². The van der Waals surface area contributed by atoms with E-state index in [2.05, 4.69) is 27.1 Å². The van der Waals surface area contributed by atoms with Crippen LogP contribution in [0.25, 0.3) is 0 Å². The molecule has 2 heterocycles. The van der Waals surface area contributed by atoms with E-state index in [0.29, 0.717) is 5.56 Å². The fourth-order valence-corrected chi connectivity index (χ4v) is 5.03. The molecular weight excluding hydrogens is 635 g/mol. The molecule has 0 saturated heterocycles. The van der Waals surface area contributed by atoms with Crippen molar-refractivity contribution in [3.8, 4) is 24.7 Å². The van der Waals surface area contributed by atoms with Gasteiger partial charge in [-0.25, -0.2) is 17.9 Å². The van der Waals surface area contributed by atoms with E-state index in [1.807, 2.05) is 0 Å². The van der Waals surface area contributed by atoms with E-state index in [0.717, 1.165) is 21.7 Å². The number of amides is 1. The van der Waals surface area contributed by atoms with Gasteiger partial charge in [-0.15, -0.1) is 17.9 Å². The number of anilines is 1. The minimum Gasteiger partial charge on any atom is -0.374 e. The molecule has 7 nitrogen and oxygen atoms in total. The first-order valence-corrected chi connectivity index (χ1v) is 13.4. The van der Waals surface area contributed by atoms with Crippen LogP contribution in [-0.4, -0.2) is 51.7 Å². The SMILES string of the molecule is C#CCN(C(=O)c1ccc(C2=NOC(c3cc(Cl)cc(Cl)c3)(C(F)(F)F)C2)cc1C)c1nc(CC(F)C(F)F)n(CC#C)n1. The number of benzene rings is 2. The highest BCUT2D eigenvalue weighted by Gasteiger charge is 2.62. The van der Waals surface area contributed by atoms with Crippen LogP contribution in [0.4, 0.5) is 32.3 Å². The Morgan fingerprint density at radius 2 is 1.82 bits per heavy atom. The molecule has 0 bridgehead atoms. The van der Waals surface area contributed by atoms with Gasteiger partial charge in [-0.3, -0.25) is 9.69 Å². The maximum absolute atomic E-state index is 14.4. The fourth-order valence-electron chi connectivity index (χ4n) is 4.50. The first-order valence-electron chi connectivity index (χ1n) is 12.6. The minimum atomic E-state index is -4.90. The molecule has 0 spiro atoms. The summed E-state index contributed by atoms with van der Waals surface area (Å²) >= 11 is 11.9. The van der Waals surface area contributed by atoms with Gasteiger partial charge in [0.25, 0.3) is 23.9 Å². The van der Waals surface area contributed by atoms with Gasteiger partial charge in [0.1, 0.15) is 12.4 Å². The molecule has 2 aromatic carbocycles. The number of carbonyl (C=O) groups excluding carboxylic acids is 1. The summed E-state index contributed by atoms with van der Waals surface area (Å²) in [6.45, 7) is 0.931. The van der Waals surface area contributed by atoms with Gasteiger partial charge in [-0.2, -0.15) is 18.2 Å². The Kier molecular flexibility index (Phi) is 9.52. The summed E-state index contributed by atoms with van der Waals surface area (Å²) in [6.07, 6.45) is -1.52. The molecule has 0 fully saturated rings. The third-order valence-electron chi connectivity index (χ3n) is 6.67. The van der Waals surface area contributed by atoms with Gasteiger partial charge < -0.3 is 4.84 Å². The van der Waals surface area contributed by atoms with Crippen LogP contribution in [0.1, 0.15) is 39.3 Å². The maximum Gasteiger partial charge on any atom is 0.435 e. The van der Waals surface area contributed by atoms with E-state index in [4.69, 9.17) is 40.9 Å². The molecular formula is C29H21Cl2F6N5O2. The summed E-state index contributed by atoms with van der Waals surface area (Å²) in [5.74, 6) is 3.29. The van der Waals surface area contributed by atoms with Crippen molar-refractivity contribution >= 4 is 40.8 Å². The van der Waals surface area contributed by atoms with Gasteiger partial charge in [-0.05, 0) is 48.4 Å². The number of halogens is 8. The van der Waals surface area contributed by atoms with Gasteiger partial charge in [-0.1, -0.05) is 46.3 Å². The average Bonchev–Trinajstić information content (AvgIpc) is 3.57. The Hall–Kier alpha value is -4.20. The van der Waals surface area contributed by atoms with Crippen molar-refractivity contribution in [3.05, 3.63) is 74.5 Å². The Bertz CT molecular complexity index is 1670. The monoisotopic (exact) mass is 655 g/mol. The smallest absolute Gasteiger partial charge is 0.374 e. The lowest BCUT2D eigenvalue weighted by Crippen LogP contribution is -2.42. The predicted octanol–water partition coefficient (Wildman–Crippen LogP) is 6.53. The number of terminal acetylenes is 2. The summed E-state index contributed by atoms with van der Waals surface area (Å²) in [6, 6.07) is 7.63. The molecule has 2 atom stereocenters. The van der Waals surface area contributed by atoms with Gasteiger partial charge in [0.15, 0.2) is 6.17 Å². The quantitative estimate of drug-likeness (QED) is 0.194. The predicted molar refractivity (Wildman–Crippen MR) is 152 cm³/mol.